The molecule has 0 saturated carbocycles. The van der Waals surface area contributed by atoms with Gasteiger partial charge in [0, 0.05) is 46.2 Å². The Balaban J connectivity index is 1.22. The number of nitrogens with two attached hydrogens (primary N) is 1. The van der Waals surface area contributed by atoms with E-state index >= 15 is 9.36 Å². The second-order valence-electron chi connectivity index (χ2n) is 21.5. The summed E-state index contributed by atoms with van der Waals surface area (Å²) in [6, 6.07) is 31.2. The summed E-state index contributed by atoms with van der Waals surface area (Å²) >= 11 is 0. The number of nitrogens with zero attached hydrogens (tertiary/aromatic N) is 4. The number of hydrogen-bond acceptors (Lipinski definition) is 23. The molecule has 27 heteroatoms. The molecule has 0 spiro atoms. The third-order valence-electron chi connectivity index (χ3n) is 14.5. The van der Waals surface area contributed by atoms with Gasteiger partial charge in [0.25, 0.3) is 5.56 Å². The van der Waals surface area contributed by atoms with Crippen LogP contribution in [0.4, 0.5) is 5.95 Å². The summed E-state index contributed by atoms with van der Waals surface area (Å²) in [6.07, 6.45) is -11.9. The van der Waals surface area contributed by atoms with Gasteiger partial charge >= 0.3 is 31.6 Å². The van der Waals surface area contributed by atoms with Crippen LogP contribution in [-0.2, 0) is 81.1 Å². The molecule has 2 unspecified atom stereocenters. The van der Waals surface area contributed by atoms with E-state index in [2.05, 4.69) is 15.0 Å². The third-order valence-corrected chi connectivity index (χ3v) is 17.0. The van der Waals surface area contributed by atoms with Gasteiger partial charge in [-0.3, -0.25) is 47.4 Å². The molecule has 2 aliphatic heterocycles. The number of methoxy groups -OCH3 is 2. The fraction of sp³-hybridized carbons (Fsp3) is 0.452. The monoisotopic (exact) mass is 1250 g/mol. The van der Waals surface area contributed by atoms with E-state index < -0.39 is 129 Å². The molecule has 89 heavy (non-hydrogen) atoms. The fourth-order valence-electron chi connectivity index (χ4n) is 10.9. The maximum atomic E-state index is 16.3. The van der Waals surface area contributed by atoms with Crippen molar-refractivity contribution in [1.29, 1.82) is 0 Å². The van der Waals surface area contributed by atoms with Crippen molar-refractivity contribution in [2.45, 2.75) is 141 Å². The number of imidazole rings is 1. The standard InChI is InChI=1S/C62H75N6O20P/c1-36(2)68(37(3)4)89(75,81-31-17-30-78-60-57(84-41(8)72)56(83-40(7)71)55(82-39(6)70)50(85-60)34-79-38(5)69)88-49-32-51(67-35-64-52-58(67)65-61(63)66-59(52)74)86-54(49)53(48(73)33-80-47-20-15-12-16-21-47)87-62(42-18-13-11-14-19-42,43-22-26-45(76-9)27-23-43)44-24-28-46(77-10)29-25-44/h11-16,18-29,35-37,49-51,53-57,60H,17,30-34H2,1-10H3,(H3,63,65,66,74)/t49-,50+,51+,53?,54-,55+,56-,57+,60+,89?/m0/s1. The van der Waals surface area contributed by atoms with Crippen molar-refractivity contribution in [3.8, 4) is 17.2 Å². The van der Waals surface area contributed by atoms with Crippen molar-refractivity contribution in [2.75, 3.05) is 46.4 Å². The molecule has 0 aliphatic carbocycles. The van der Waals surface area contributed by atoms with Crippen LogP contribution < -0.4 is 25.5 Å². The van der Waals surface area contributed by atoms with E-state index in [4.69, 9.17) is 66.9 Å². The molecule has 0 bridgehead atoms. The number of hydrogen-bond donors (Lipinski definition) is 2. The van der Waals surface area contributed by atoms with E-state index in [1.807, 2.05) is 54.6 Å². The number of Topliss-reactive ketones (excluding diaryl/α,β-unsaturated/α-hetero) is 1. The van der Waals surface area contributed by atoms with Crippen LogP contribution in [-0.4, -0.2) is 156 Å². The smallest absolute Gasteiger partial charge is 0.409 e. The molecule has 4 aromatic carbocycles. The number of anilines is 1. The number of para-hydroxylation sites is 1. The summed E-state index contributed by atoms with van der Waals surface area (Å²) in [5.41, 5.74) is 5.45. The molecule has 2 saturated heterocycles. The number of carbonyl (C=O) groups excluding carboxylic acids is 5. The minimum absolute atomic E-state index is 0.0315. The van der Waals surface area contributed by atoms with Crippen LogP contribution in [0, 0.1) is 0 Å². The summed E-state index contributed by atoms with van der Waals surface area (Å²) in [5.74, 6) is -2.57. The van der Waals surface area contributed by atoms with E-state index in [-0.39, 0.29) is 43.2 Å². The zero-order valence-corrected chi connectivity index (χ0v) is 51.9. The van der Waals surface area contributed by atoms with Gasteiger partial charge in [0.2, 0.25) is 11.7 Å². The van der Waals surface area contributed by atoms with E-state index in [0.717, 1.165) is 27.7 Å². The van der Waals surface area contributed by atoms with Crippen LogP contribution >= 0.6 is 7.75 Å². The Hall–Kier alpha value is -8.07. The van der Waals surface area contributed by atoms with Gasteiger partial charge in [0.05, 0.1) is 33.8 Å². The van der Waals surface area contributed by atoms with Gasteiger partial charge in [0.15, 0.2) is 41.9 Å². The van der Waals surface area contributed by atoms with Gasteiger partial charge in [-0.2, -0.15) is 4.98 Å². The van der Waals surface area contributed by atoms with Crippen LogP contribution in [0.25, 0.3) is 11.2 Å². The highest BCUT2D eigenvalue weighted by Gasteiger charge is 2.55. The summed E-state index contributed by atoms with van der Waals surface area (Å²) < 4.78 is 99.3. The molecule has 0 amide bonds. The van der Waals surface area contributed by atoms with Gasteiger partial charge < -0.3 is 57.8 Å². The Kier molecular flexibility index (Phi) is 22.5. The first-order valence-corrected chi connectivity index (χ1v) is 30.3. The molecule has 4 heterocycles. The summed E-state index contributed by atoms with van der Waals surface area (Å²) in [4.78, 5) is 89.8. The quantitative estimate of drug-likeness (QED) is 0.0155. The fourth-order valence-corrected chi connectivity index (χ4v) is 13.2. The molecule has 2 fully saturated rings. The topological polar surface area (TPSA) is 315 Å². The van der Waals surface area contributed by atoms with E-state index in [0.29, 0.717) is 33.9 Å². The second kappa shape index (κ2) is 30.0. The minimum Gasteiger partial charge on any atom is -0.497 e. The zero-order valence-electron chi connectivity index (χ0n) is 51.0. The number of ketones is 1. The number of carbonyl (C=O) groups is 5. The number of esters is 4. The van der Waals surface area contributed by atoms with Crippen molar-refractivity contribution in [2.24, 2.45) is 0 Å². The van der Waals surface area contributed by atoms with Crippen molar-refractivity contribution in [3.63, 3.8) is 0 Å². The van der Waals surface area contributed by atoms with Crippen molar-refractivity contribution < 1.29 is 89.7 Å². The highest BCUT2D eigenvalue weighted by molar-refractivity contribution is 7.51. The van der Waals surface area contributed by atoms with Crippen molar-refractivity contribution in [3.05, 3.63) is 143 Å². The SMILES string of the molecule is COc1ccc(C(OC(C(=O)COc2ccccc2)[C@H]2O[C@@H](n3cnc4c(=O)[nH]c(N)nc43)C[C@@H]2OP(=O)(OCCCO[C@@H]2O[C@H](COC(C)=O)[C@@H](OC(C)=O)[C@H](OC(C)=O)[C@H]2OC(C)=O)N(C(C)C)C(C)C)(c2ccccc2)c2ccc(OC)cc2)cc1. The predicted molar refractivity (Wildman–Crippen MR) is 318 cm³/mol. The predicted octanol–water partition coefficient (Wildman–Crippen LogP) is 7.15. The molecule has 0 radical (unpaired) electrons. The van der Waals surface area contributed by atoms with Crippen molar-refractivity contribution >= 4 is 54.5 Å². The van der Waals surface area contributed by atoms with Crippen LogP contribution in [0.5, 0.6) is 17.2 Å². The molecular formula is C62H75N6O20P. The maximum absolute atomic E-state index is 16.3. The molecule has 26 nitrogen and oxygen atoms in total. The summed E-state index contributed by atoms with van der Waals surface area (Å²) in [5, 5.41) is 0. The Morgan fingerprint density at radius 1 is 0.730 bits per heavy atom. The Labute approximate surface area is 514 Å². The first kappa shape index (κ1) is 66.9. The van der Waals surface area contributed by atoms with Gasteiger partial charge in [-0.1, -0.05) is 72.8 Å². The molecular weight excluding hydrogens is 1180 g/mol. The normalized spacial score (nSPS) is 21.2. The zero-order chi connectivity index (χ0) is 64.2. The molecule has 2 aromatic heterocycles. The first-order valence-electron chi connectivity index (χ1n) is 28.8. The molecule has 8 rings (SSSR count). The number of H-pyrrole nitrogens is 1. The number of rotatable bonds is 29. The number of benzene rings is 4. The van der Waals surface area contributed by atoms with Gasteiger partial charge in [-0.25, -0.2) is 14.2 Å². The molecule has 6 aromatic rings. The summed E-state index contributed by atoms with van der Waals surface area (Å²) in [6.45, 7) is 10.0. The average Bonchev–Trinajstić information content (AvgIpc) is 1.77. The highest BCUT2D eigenvalue weighted by Crippen LogP contribution is 2.58. The number of aromatic nitrogens is 4. The molecule has 3 N–H and O–H groups in total. The van der Waals surface area contributed by atoms with Crippen LogP contribution in [0.2, 0.25) is 0 Å². The lowest BCUT2D eigenvalue weighted by atomic mass is 9.79. The van der Waals surface area contributed by atoms with Gasteiger partial charge in [-0.15, -0.1) is 0 Å². The number of nitrogens with one attached hydrogen (secondary N) is 1. The Bertz CT molecular complexity index is 3420. The van der Waals surface area contributed by atoms with Crippen LogP contribution in [0.15, 0.2) is 120 Å². The van der Waals surface area contributed by atoms with Crippen LogP contribution in [0.1, 0.15) is 91.1 Å². The molecule has 10 atom stereocenters. The molecule has 478 valence electrons. The largest absolute Gasteiger partial charge is 0.497 e. The molecule has 2 aliphatic rings. The summed E-state index contributed by atoms with van der Waals surface area (Å²) in [7, 11) is -1.56. The van der Waals surface area contributed by atoms with E-state index in [1.165, 1.54) is 10.9 Å². The van der Waals surface area contributed by atoms with E-state index in [9.17, 15) is 24.0 Å². The minimum atomic E-state index is -4.65. The highest BCUT2D eigenvalue weighted by atomic mass is 31.2. The lowest BCUT2D eigenvalue weighted by Gasteiger charge is -2.44. The number of aromatic amines is 1. The first-order chi connectivity index (χ1) is 42.5. The third kappa shape index (κ3) is 16.0. The Morgan fingerprint density at radius 2 is 1.29 bits per heavy atom. The number of ether oxygens (including phenoxy) is 11. The van der Waals surface area contributed by atoms with E-state index in [1.54, 1.807) is 101 Å². The number of nitrogen functional groups attached to an aromatic ring is 1. The van der Waals surface area contributed by atoms with Gasteiger partial charge in [-0.05, 0) is 87.2 Å². The second-order valence-corrected chi connectivity index (χ2v) is 23.4. The van der Waals surface area contributed by atoms with Gasteiger partial charge in [0.1, 0.15) is 60.6 Å². The number of fused-ring (bicyclic) bond motifs is 1. The van der Waals surface area contributed by atoms with Crippen molar-refractivity contribution in [1.82, 2.24) is 24.2 Å². The maximum Gasteiger partial charge on any atom is 0.409 e. The lowest BCUT2D eigenvalue weighted by molar-refractivity contribution is -0.308. The lowest BCUT2D eigenvalue weighted by Crippen LogP contribution is -2.63. The van der Waals surface area contributed by atoms with Crippen LogP contribution in [0.3, 0.4) is 0 Å². The Morgan fingerprint density at radius 3 is 1.85 bits per heavy atom. The average molecular weight is 1260 g/mol.